The van der Waals surface area contributed by atoms with Gasteiger partial charge in [-0.15, -0.1) is 0 Å². The molecule has 0 atom stereocenters. The number of hydrogen-bond donors (Lipinski definition) is 2. The van der Waals surface area contributed by atoms with Gasteiger partial charge in [-0.25, -0.2) is 12.7 Å². The van der Waals surface area contributed by atoms with E-state index in [1.807, 2.05) is 0 Å². The average molecular weight is 347 g/mol. The molecule has 0 spiro atoms. The molecule has 0 saturated carbocycles. The zero-order chi connectivity index (χ0) is 16.7. The van der Waals surface area contributed by atoms with Crippen molar-refractivity contribution in [3.05, 3.63) is 0 Å². The summed E-state index contributed by atoms with van der Waals surface area (Å²) in [6.45, 7) is 5.38. The van der Waals surface area contributed by atoms with E-state index in [1.165, 1.54) is 49.3 Å². The first-order valence-electron chi connectivity index (χ1n) is 9.03. The summed E-state index contributed by atoms with van der Waals surface area (Å²) in [4.78, 5) is 13.9. The van der Waals surface area contributed by atoms with Crippen molar-refractivity contribution < 1.29 is 18.1 Å². The van der Waals surface area contributed by atoms with Gasteiger partial charge in [0.25, 0.3) is 0 Å². The van der Waals surface area contributed by atoms with Crippen molar-refractivity contribution in [3.8, 4) is 0 Å². The van der Waals surface area contributed by atoms with Crippen molar-refractivity contribution in [1.29, 1.82) is 0 Å². The molecule has 2 rings (SSSR count). The molecule has 0 aromatic rings. The van der Waals surface area contributed by atoms with Crippen LogP contribution in [0.3, 0.4) is 0 Å². The van der Waals surface area contributed by atoms with Crippen molar-refractivity contribution in [2.45, 2.75) is 44.9 Å². The summed E-state index contributed by atoms with van der Waals surface area (Å²) in [6, 6.07) is 0. The lowest BCUT2D eigenvalue weighted by Gasteiger charge is -2.29. The largest absolute Gasteiger partial charge is 0.356 e. The number of hydrogen-bond acceptors (Lipinski definition) is 3. The lowest BCUT2D eigenvalue weighted by atomic mass is 9.97. The van der Waals surface area contributed by atoms with Crippen LogP contribution in [0.15, 0.2) is 0 Å². The molecule has 2 aliphatic rings. The molecule has 23 heavy (non-hydrogen) atoms. The molecule has 0 aromatic carbocycles. The van der Waals surface area contributed by atoms with Crippen molar-refractivity contribution in [2.24, 2.45) is 5.92 Å². The Morgan fingerprint density at radius 3 is 2.30 bits per heavy atom. The maximum atomic E-state index is 12.2. The highest BCUT2D eigenvalue weighted by Gasteiger charge is 2.28. The molecule has 134 valence electrons. The first-order chi connectivity index (χ1) is 11.0. The number of amides is 1. The minimum Gasteiger partial charge on any atom is -0.356 e. The minimum absolute atomic E-state index is 0.0291. The van der Waals surface area contributed by atoms with Gasteiger partial charge in [0.05, 0.1) is 25.9 Å². The van der Waals surface area contributed by atoms with Gasteiger partial charge in [-0.3, -0.25) is 4.79 Å². The molecule has 1 amide bonds. The average Bonchev–Trinajstić information content (AvgIpc) is 2.79. The van der Waals surface area contributed by atoms with Crippen LogP contribution in [0.5, 0.6) is 0 Å². The lowest BCUT2D eigenvalue weighted by molar-refractivity contribution is -0.899. The van der Waals surface area contributed by atoms with E-state index < -0.39 is 10.0 Å². The summed E-state index contributed by atoms with van der Waals surface area (Å²) in [7, 11) is -3.11. The van der Waals surface area contributed by atoms with Gasteiger partial charge in [0.2, 0.25) is 15.9 Å². The van der Waals surface area contributed by atoms with Crippen molar-refractivity contribution in [2.75, 3.05) is 45.5 Å². The first kappa shape index (κ1) is 18.7. The summed E-state index contributed by atoms with van der Waals surface area (Å²) in [5, 5.41) is 3.04. The third-order valence-corrected chi connectivity index (χ3v) is 6.41. The Bertz CT molecular complexity index is 465. The van der Waals surface area contributed by atoms with E-state index in [2.05, 4.69) is 5.32 Å². The molecule has 0 radical (unpaired) electrons. The number of nitrogens with zero attached hydrogens (tertiary/aromatic N) is 1. The number of piperidine rings is 1. The number of quaternary nitrogens is 1. The van der Waals surface area contributed by atoms with E-state index in [0.29, 0.717) is 25.9 Å². The summed E-state index contributed by atoms with van der Waals surface area (Å²) >= 11 is 0. The minimum atomic E-state index is -3.11. The van der Waals surface area contributed by atoms with E-state index in [-0.39, 0.29) is 11.8 Å². The maximum Gasteiger partial charge on any atom is 0.223 e. The molecule has 0 unspecified atom stereocenters. The van der Waals surface area contributed by atoms with Crippen molar-refractivity contribution in [1.82, 2.24) is 9.62 Å². The molecule has 2 saturated heterocycles. The molecule has 2 aliphatic heterocycles. The second-order valence-corrected chi connectivity index (χ2v) is 8.98. The van der Waals surface area contributed by atoms with Crippen LogP contribution in [0.4, 0.5) is 0 Å². The summed E-state index contributed by atoms with van der Waals surface area (Å²) in [5.74, 6) is 0.0718. The maximum absolute atomic E-state index is 12.2. The Hall–Kier alpha value is -0.660. The first-order valence-corrected chi connectivity index (χ1v) is 10.9. The summed E-state index contributed by atoms with van der Waals surface area (Å²) in [5.41, 5.74) is 0. The number of likely N-dealkylation sites (tertiary alicyclic amines) is 1. The molecule has 2 N–H and O–H groups in total. The predicted octanol–water partition coefficient (Wildman–Crippen LogP) is -0.377. The molecule has 7 heteroatoms. The van der Waals surface area contributed by atoms with E-state index in [1.54, 1.807) is 4.90 Å². The normalized spacial score (nSPS) is 22.7. The van der Waals surface area contributed by atoms with Gasteiger partial charge in [0, 0.05) is 32.0 Å². The van der Waals surface area contributed by atoms with Gasteiger partial charge in [-0.1, -0.05) is 0 Å². The zero-order valence-corrected chi connectivity index (χ0v) is 15.2. The van der Waals surface area contributed by atoms with Crippen LogP contribution in [0.2, 0.25) is 0 Å². The Labute approximate surface area is 140 Å². The van der Waals surface area contributed by atoms with Crippen molar-refractivity contribution in [3.63, 3.8) is 0 Å². The Morgan fingerprint density at radius 1 is 1.13 bits per heavy atom. The Kier molecular flexibility index (Phi) is 7.30. The van der Waals surface area contributed by atoms with E-state index in [4.69, 9.17) is 0 Å². The van der Waals surface area contributed by atoms with E-state index >= 15 is 0 Å². The molecular formula is C16H32N3O3S+. The van der Waals surface area contributed by atoms with Gasteiger partial charge < -0.3 is 10.2 Å². The Balaban J connectivity index is 1.60. The van der Waals surface area contributed by atoms with Crippen molar-refractivity contribution >= 4 is 15.9 Å². The van der Waals surface area contributed by atoms with Crippen LogP contribution in [0, 0.1) is 5.92 Å². The SMILES string of the molecule is CS(=O)(=O)N1CCC(C(=O)NCCC[NH+]2CCCCCC2)CC1. The third-order valence-electron chi connectivity index (χ3n) is 5.11. The Morgan fingerprint density at radius 2 is 1.74 bits per heavy atom. The number of carbonyl (C=O) groups excluding carboxylic acids is 1. The van der Waals surface area contributed by atoms with Gasteiger partial charge >= 0.3 is 0 Å². The van der Waals surface area contributed by atoms with Crippen LogP contribution in [0.25, 0.3) is 0 Å². The quantitative estimate of drug-likeness (QED) is 0.644. The summed E-state index contributed by atoms with van der Waals surface area (Å²) < 4.78 is 24.4. The fourth-order valence-electron chi connectivity index (χ4n) is 3.62. The van der Waals surface area contributed by atoms with Crippen LogP contribution in [-0.2, 0) is 14.8 Å². The van der Waals surface area contributed by atoms with Gasteiger partial charge in [0.15, 0.2) is 0 Å². The predicted molar refractivity (Wildman–Crippen MR) is 90.8 cm³/mol. The third kappa shape index (κ3) is 6.39. The molecule has 0 aromatic heterocycles. The van der Waals surface area contributed by atoms with E-state index in [0.717, 1.165) is 19.5 Å². The van der Waals surface area contributed by atoms with Gasteiger partial charge in [-0.05, 0) is 38.5 Å². The molecule has 0 bridgehead atoms. The van der Waals surface area contributed by atoms with Crippen LogP contribution in [-0.4, -0.2) is 64.2 Å². The molecule has 2 fully saturated rings. The van der Waals surface area contributed by atoms with E-state index in [9.17, 15) is 13.2 Å². The summed E-state index contributed by atoms with van der Waals surface area (Å²) in [6.07, 6.45) is 8.94. The number of rotatable bonds is 6. The second-order valence-electron chi connectivity index (χ2n) is 7.00. The van der Waals surface area contributed by atoms with Gasteiger partial charge in [-0.2, -0.15) is 0 Å². The fourth-order valence-corrected chi connectivity index (χ4v) is 4.50. The molecular weight excluding hydrogens is 314 g/mol. The molecule has 2 heterocycles. The fraction of sp³-hybridized carbons (Fsp3) is 0.938. The van der Waals surface area contributed by atoms with Crippen LogP contribution >= 0.6 is 0 Å². The monoisotopic (exact) mass is 346 g/mol. The zero-order valence-electron chi connectivity index (χ0n) is 14.3. The molecule has 6 nitrogen and oxygen atoms in total. The second kappa shape index (κ2) is 8.99. The van der Waals surface area contributed by atoms with Crippen LogP contribution in [0.1, 0.15) is 44.9 Å². The van der Waals surface area contributed by atoms with Gasteiger partial charge in [0.1, 0.15) is 0 Å². The number of carbonyl (C=O) groups is 1. The molecule has 0 aliphatic carbocycles. The standard InChI is InChI=1S/C16H31N3O3S/c1-23(21,22)19-13-7-15(8-14-19)16(20)17-9-6-12-18-10-4-2-3-5-11-18/h15H,2-14H2,1H3,(H,17,20)/p+1. The number of nitrogens with one attached hydrogen (secondary N) is 2. The lowest BCUT2D eigenvalue weighted by Crippen LogP contribution is -3.11. The topological polar surface area (TPSA) is 70.9 Å². The van der Waals surface area contributed by atoms with Crippen LogP contribution < -0.4 is 10.2 Å². The highest BCUT2D eigenvalue weighted by molar-refractivity contribution is 7.88. The highest BCUT2D eigenvalue weighted by atomic mass is 32.2. The smallest absolute Gasteiger partial charge is 0.223 e. The highest BCUT2D eigenvalue weighted by Crippen LogP contribution is 2.19. The number of sulfonamides is 1.